The summed E-state index contributed by atoms with van der Waals surface area (Å²) in [6.07, 6.45) is 12.5. The molecule has 1 aromatic heterocycles. The van der Waals surface area contributed by atoms with E-state index in [4.69, 9.17) is 44.7 Å². The monoisotopic (exact) mass is 1090 g/mol. The molecule has 6 aromatic carbocycles. The Balaban J connectivity index is 0.000000987. The van der Waals surface area contributed by atoms with Crippen LogP contribution in [0.25, 0.3) is 0 Å². The molecule has 6 N–H and O–H groups in total. The topological polar surface area (TPSA) is 240 Å². The summed E-state index contributed by atoms with van der Waals surface area (Å²) in [6.45, 7) is 12.1. The van der Waals surface area contributed by atoms with Gasteiger partial charge in [-0.2, -0.15) is 28.7 Å². The van der Waals surface area contributed by atoms with Gasteiger partial charge in [0.1, 0.15) is 21.1 Å². The van der Waals surface area contributed by atoms with Crippen LogP contribution in [-0.2, 0) is 30.6 Å². The molecule has 0 saturated heterocycles. The van der Waals surface area contributed by atoms with Crippen molar-refractivity contribution in [2.24, 2.45) is 0 Å². The van der Waals surface area contributed by atoms with Gasteiger partial charge in [0.15, 0.2) is 17.1 Å². The summed E-state index contributed by atoms with van der Waals surface area (Å²) in [5.41, 5.74) is 16.4. The van der Waals surface area contributed by atoms with E-state index in [1.54, 1.807) is 0 Å². The quantitative estimate of drug-likeness (QED) is 0.0420. The van der Waals surface area contributed by atoms with E-state index in [1.165, 1.54) is 50.9 Å². The molecule has 0 atom stereocenters. The normalized spacial score (nSPS) is 14.8. The average Bonchev–Trinajstić information content (AvgIpc) is 4.06. The van der Waals surface area contributed by atoms with Crippen molar-refractivity contribution in [2.75, 3.05) is 53.0 Å². The van der Waals surface area contributed by atoms with E-state index in [0.29, 0.717) is 17.8 Å². The standard InChI is InChI=1S/C60H60N12.3CH2O2/c1-58(2)46-16-10-13-19-49(46)70(7)52(58)34-37-61-40-22-28-43(29-23-40)64-55-67-56(65-44-30-24-41(25-31-44)62-38-35-53-59(3,4)47-17-11-14-20-50(47)71(53)8)69-57(68-55)66-45-32-26-42(27-33-45)63-39-36-54-60(5,6)48-18-12-15-21-51(48)72(54)9;3*2-1-3/h10-39H,1-9H3,(H3,64,65,66,67,68,69);3*1H,(H,2,3). The van der Waals surface area contributed by atoms with E-state index in [0.717, 1.165) is 34.1 Å². The van der Waals surface area contributed by atoms with Gasteiger partial charge in [0, 0.05) is 125 Å². The number of benzene rings is 6. The lowest BCUT2D eigenvalue weighted by atomic mass is 9.81. The van der Waals surface area contributed by atoms with Gasteiger partial charge in [0.25, 0.3) is 0 Å². The molecule has 18 heteroatoms. The molecule has 0 aliphatic carbocycles. The van der Waals surface area contributed by atoms with Gasteiger partial charge in [-0.1, -0.05) is 54.6 Å². The minimum Gasteiger partial charge on any atom is -0.554 e. The highest BCUT2D eigenvalue weighted by Crippen LogP contribution is 2.41. The second-order valence-corrected chi connectivity index (χ2v) is 20.4. The Morgan fingerprint density at radius 3 is 0.790 bits per heavy atom. The van der Waals surface area contributed by atoms with Crippen molar-refractivity contribution >= 4 is 106 Å². The lowest BCUT2D eigenvalue weighted by Gasteiger charge is -2.15. The van der Waals surface area contributed by atoms with Crippen molar-refractivity contribution < 1.29 is 43.4 Å². The molecule has 18 nitrogen and oxygen atoms in total. The summed E-state index contributed by atoms with van der Waals surface area (Å²) in [5, 5.41) is 45.3. The van der Waals surface area contributed by atoms with E-state index >= 15 is 0 Å². The van der Waals surface area contributed by atoms with Gasteiger partial charge in [-0.15, -0.1) is 0 Å². The molecule has 3 aliphatic heterocycles. The number of hydrogen-bond donors (Lipinski definition) is 6. The molecule has 0 fully saturated rings. The first kappa shape index (κ1) is 58.5. The van der Waals surface area contributed by atoms with Gasteiger partial charge in [0.2, 0.25) is 34.9 Å². The summed E-state index contributed by atoms with van der Waals surface area (Å²) >= 11 is 0. The molecule has 10 rings (SSSR count). The Bertz CT molecular complexity index is 3200. The van der Waals surface area contributed by atoms with Gasteiger partial charge in [-0.25, -0.2) is 0 Å². The molecule has 0 saturated carbocycles. The number of anilines is 9. The van der Waals surface area contributed by atoms with E-state index in [1.807, 2.05) is 91.4 Å². The van der Waals surface area contributed by atoms with Crippen LogP contribution in [0.5, 0.6) is 0 Å². The second kappa shape index (κ2) is 25.9. The highest BCUT2D eigenvalue weighted by molar-refractivity contribution is 6.04. The summed E-state index contributed by atoms with van der Waals surface area (Å²) < 4.78 is 6.80. The first-order chi connectivity index (χ1) is 38.9. The number of nitrogens with zero attached hydrogens (tertiary/aromatic N) is 6. The van der Waals surface area contributed by atoms with Gasteiger partial charge in [-0.3, -0.25) is 0 Å². The Morgan fingerprint density at radius 1 is 0.358 bits per heavy atom. The van der Waals surface area contributed by atoms with Crippen molar-refractivity contribution in [2.45, 2.75) is 57.8 Å². The number of aromatic nitrogens is 3. The third-order valence-corrected chi connectivity index (χ3v) is 14.4. The lowest BCUT2D eigenvalue weighted by Crippen LogP contribution is -2.26. The number of hydrogen-bond acceptors (Lipinski definition) is 15. The molecule has 0 unspecified atom stereocenters. The largest absolute Gasteiger partial charge is 0.554 e. The maximum Gasteiger partial charge on any atom is 0.233 e. The van der Waals surface area contributed by atoms with Crippen molar-refractivity contribution in [3.05, 3.63) is 199 Å². The molecular formula is C63H66N12O6. The molecule has 0 amide bonds. The van der Waals surface area contributed by atoms with Crippen LogP contribution in [0.15, 0.2) is 182 Å². The average molecular weight is 1090 g/mol. The van der Waals surface area contributed by atoms with Crippen LogP contribution in [-0.4, -0.2) is 86.4 Å². The summed E-state index contributed by atoms with van der Waals surface area (Å²) in [6, 6.07) is 49.9. The minimum atomic E-state index is -0.500. The van der Waals surface area contributed by atoms with Crippen LogP contribution in [0.2, 0.25) is 0 Å². The van der Waals surface area contributed by atoms with Gasteiger partial charge < -0.3 is 61.6 Å². The SMILES string of the molecule is C[N+]1=C(C=CNc2ccc(Nc3nc(Nc4ccc(NC=CC5=[N+](C)c6ccccc6C5(C)C)cc4)nc(Nc4ccc(NC=CC5=[N+](C)c6ccccc6C5(C)C)cc4)n3)cc2)C(C)(C)c2ccccc21.O=C[O-].O=C[O-].O=C[O-]. The van der Waals surface area contributed by atoms with E-state index in [9.17, 15) is 0 Å². The fourth-order valence-corrected chi connectivity index (χ4v) is 10.4. The number of carbonyl (C=O) groups is 3. The Kier molecular flexibility index (Phi) is 18.7. The van der Waals surface area contributed by atoms with Crippen LogP contribution in [0.4, 0.5) is 69.0 Å². The lowest BCUT2D eigenvalue weighted by molar-refractivity contribution is -0.401. The van der Waals surface area contributed by atoms with Gasteiger partial charge >= 0.3 is 0 Å². The van der Waals surface area contributed by atoms with Crippen molar-refractivity contribution in [1.29, 1.82) is 0 Å². The van der Waals surface area contributed by atoms with E-state index in [-0.39, 0.29) is 16.2 Å². The van der Waals surface area contributed by atoms with Crippen LogP contribution >= 0.6 is 0 Å². The Labute approximate surface area is 472 Å². The zero-order valence-corrected chi connectivity index (χ0v) is 46.7. The smallest absolute Gasteiger partial charge is 0.233 e. The molecule has 0 bridgehead atoms. The predicted octanol–water partition coefficient (Wildman–Crippen LogP) is 8.10. The third-order valence-electron chi connectivity index (χ3n) is 14.4. The number of rotatable bonds is 15. The molecular weight excluding hydrogens is 1020 g/mol. The fraction of sp³-hybridized carbons (Fsp3) is 0.190. The molecule has 81 heavy (non-hydrogen) atoms. The summed E-state index contributed by atoms with van der Waals surface area (Å²) in [5.74, 6) is 1.14. The van der Waals surface area contributed by atoms with E-state index < -0.39 is 19.4 Å². The van der Waals surface area contributed by atoms with Crippen LogP contribution < -0.4 is 47.2 Å². The van der Waals surface area contributed by atoms with E-state index in [2.05, 4.69) is 199 Å². The Morgan fingerprint density at radius 2 is 0.568 bits per heavy atom. The number of carbonyl (C=O) groups excluding carboxylic acids is 3. The first-order valence-corrected chi connectivity index (χ1v) is 25.9. The first-order valence-electron chi connectivity index (χ1n) is 25.9. The third kappa shape index (κ3) is 13.4. The predicted molar refractivity (Wildman–Crippen MR) is 316 cm³/mol. The van der Waals surface area contributed by atoms with Gasteiger partial charge in [0.05, 0.1) is 16.2 Å². The fourth-order valence-electron chi connectivity index (χ4n) is 10.4. The van der Waals surface area contributed by atoms with Crippen LogP contribution in [0, 0.1) is 0 Å². The number of para-hydroxylation sites is 3. The summed E-state index contributed by atoms with van der Waals surface area (Å²) in [7, 11) is 6.38. The molecule has 0 radical (unpaired) electrons. The highest BCUT2D eigenvalue weighted by atomic mass is 16.4. The number of nitrogens with one attached hydrogen (secondary N) is 6. The maximum absolute atomic E-state index is 8.25. The van der Waals surface area contributed by atoms with Crippen molar-refractivity contribution in [1.82, 2.24) is 15.0 Å². The van der Waals surface area contributed by atoms with Crippen LogP contribution in [0.1, 0.15) is 58.2 Å². The zero-order chi connectivity index (χ0) is 58.3. The number of carboxylic acid groups (broad SMARTS) is 3. The van der Waals surface area contributed by atoms with Crippen molar-refractivity contribution in [3.8, 4) is 0 Å². The zero-order valence-electron chi connectivity index (χ0n) is 46.7. The highest BCUT2D eigenvalue weighted by Gasteiger charge is 2.44. The minimum absolute atomic E-state index is 0.102. The van der Waals surface area contributed by atoms with Crippen molar-refractivity contribution in [3.63, 3.8) is 0 Å². The molecule has 0 spiro atoms. The van der Waals surface area contributed by atoms with Gasteiger partial charge in [-0.05, 0) is 114 Å². The Hall–Kier alpha value is -10.2. The maximum atomic E-state index is 8.25. The molecule has 414 valence electrons. The second-order valence-electron chi connectivity index (χ2n) is 20.4. The molecule has 3 aliphatic rings. The number of fused-ring (bicyclic) bond motifs is 3. The number of allylic oxidation sites excluding steroid dienone is 3. The van der Waals surface area contributed by atoms with Crippen LogP contribution in [0.3, 0.4) is 0 Å². The molecule has 7 aromatic rings. The molecule has 4 heterocycles. The summed E-state index contributed by atoms with van der Waals surface area (Å²) in [4.78, 5) is 39.2.